The Balaban J connectivity index is 1.37. The maximum Gasteiger partial charge on any atom is 0.251 e. The normalized spacial score (nSPS) is 10.7. The molecule has 0 saturated heterocycles. The molecular formula is C23H21N5O2S. The maximum absolute atomic E-state index is 12.4. The first-order valence-electron chi connectivity index (χ1n) is 9.71. The number of furan rings is 1. The fraction of sp³-hybridized carbons (Fsp3) is 0.130. The molecule has 4 rings (SSSR count). The van der Waals surface area contributed by atoms with Crippen molar-refractivity contribution in [1.29, 1.82) is 0 Å². The summed E-state index contributed by atoms with van der Waals surface area (Å²) in [4.78, 5) is 16.3. The monoisotopic (exact) mass is 431 g/mol. The van der Waals surface area contributed by atoms with Gasteiger partial charge in [-0.3, -0.25) is 14.3 Å². The summed E-state index contributed by atoms with van der Waals surface area (Å²) < 4.78 is 7.43. The van der Waals surface area contributed by atoms with Crippen molar-refractivity contribution < 1.29 is 9.21 Å². The molecule has 156 valence electrons. The van der Waals surface area contributed by atoms with Gasteiger partial charge in [0, 0.05) is 36.8 Å². The van der Waals surface area contributed by atoms with E-state index in [2.05, 4.69) is 27.1 Å². The van der Waals surface area contributed by atoms with Crippen molar-refractivity contribution >= 4 is 17.7 Å². The van der Waals surface area contributed by atoms with Crippen LogP contribution >= 0.6 is 11.8 Å². The highest BCUT2D eigenvalue weighted by atomic mass is 32.2. The molecule has 31 heavy (non-hydrogen) atoms. The molecule has 0 saturated carbocycles. The van der Waals surface area contributed by atoms with E-state index in [4.69, 9.17) is 4.42 Å². The van der Waals surface area contributed by atoms with Crippen LogP contribution < -0.4 is 5.32 Å². The highest BCUT2D eigenvalue weighted by molar-refractivity contribution is 7.98. The van der Waals surface area contributed by atoms with Gasteiger partial charge in [0.1, 0.15) is 0 Å². The van der Waals surface area contributed by atoms with Crippen molar-refractivity contribution in [3.05, 3.63) is 96.5 Å². The van der Waals surface area contributed by atoms with Crippen LogP contribution in [-0.4, -0.2) is 25.7 Å². The van der Waals surface area contributed by atoms with Crippen molar-refractivity contribution in [1.82, 2.24) is 25.1 Å². The average molecular weight is 432 g/mol. The maximum atomic E-state index is 12.4. The summed E-state index contributed by atoms with van der Waals surface area (Å²) >= 11 is 1.57. The number of thioether (sulfide) groups is 1. The first-order chi connectivity index (χ1) is 15.2. The minimum atomic E-state index is -0.107. The molecule has 0 fully saturated rings. The number of rotatable bonds is 9. The van der Waals surface area contributed by atoms with Gasteiger partial charge in [-0.1, -0.05) is 30.0 Å². The number of aromatic nitrogens is 4. The summed E-state index contributed by atoms with van der Waals surface area (Å²) in [6.45, 7) is 4.87. The molecule has 0 atom stereocenters. The van der Waals surface area contributed by atoms with Crippen molar-refractivity contribution in [2.75, 3.05) is 0 Å². The van der Waals surface area contributed by atoms with Crippen LogP contribution in [0, 0.1) is 0 Å². The zero-order chi connectivity index (χ0) is 21.5. The molecule has 3 aromatic heterocycles. The minimum absolute atomic E-state index is 0.107. The highest BCUT2D eigenvalue weighted by Gasteiger charge is 2.15. The van der Waals surface area contributed by atoms with Crippen molar-refractivity contribution in [3.63, 3.8) is 0 Å². The van der Waals surface area contributed by atoms with Gasteiger partial charge in [0.15, 0.2) is 10.9 Å². The number of hydrogen-bond donors (Lipinski definition) is 1. The first kappa shape index (κ1) is 20.6. The Bertz CT molecular complexity index is 1140. The van der Waals surface area contributed by atoms with Crippen LogP contribution in [0.2, 0.25) is 0 Å². The molecular weight excluding hydrogens is 410 g/mol. The average Bonchev–Trinajstić information content (AvgIpc) is 3.47. The van der Waals surface area contributed by atoms with Crippen LogP contribution in [0.4, 0.5) is 0 Å². The van der Waals surface area contributed by atoms with Gasteiger partial charge in [-0.25, -0.2) is 0 Å². The smallest absolute Gasteiger partial charge is 0.251 e. The van der Waals surface area contributed by atoms with E-state index in [1.807, 2.05) is 53.1 Å². The van der Waals surface area contributed by atoms with E-state index in [9.17, 15) is 4.79 Å². The van der Waals surface area contributed by atoms with E-state index in [0.717, 1.165) is 16.3 Å². The van der Waals surface area contributed by atoms with Gasteiger partial charge >= 0.3 is 0 Å². The Labute approximate surface area is 184 Å². The summed E-state index contributed by atoms with van der Waals surface area (Å²) in [7, 11) is 0. The number of allylic oxidation sites excluding steroid dienone is 1. The largest absolute Gasteiger partial charge is 0.461 e. The van der Waals surface area contributed by atoms with E-state index in [0.29, 0.717) is 36.0 Å². The van der Waals surface area contributed by atoms with Crippen molar-refractivity contribution in [2.24, 2.45) is 0 Å². The van der Waals surface area contributed by atoms with Gasteiger partial charge in [-0.2, -0.15) is 0 Å². The Hall–Kier alpha value is -3.65. The third-order valence-corrected chi connectivity index (χ3v) is 5.59. The predicted molar refractivity (Wildman–Crippen MR) is 119 cm³/mol. The lowest BCUT2D eigenvalue weighted by Crippen LogP contribution is -2.22. The van der Waals surface area contributed by atoms with Crippen LogP contribution in [0.3, 0.4) is 0 Å². The quantitative estimate of drug-likeness (QED) is 0.313. The van der Waals surface area contributed by atoms with E-state index in [1.165, 1.54) is 0 Å². The van der Waals surface area contributed by atoms with Crippen LogP contribution in [0.15, 0.2) is 89.4 Å². The van der Waals surface area contributed by atoms with E-state index < -0.39 is 0 Å². The lowest BCUT2D eigenvalue weighted by Gasteiger charge is -2.08. The molecule has 1 amide bonds. The molecule has 3 heterocycles. The van der Waals surface area contributed by atoms with Gasteiger partial charge in [0.25, 0.3) is 5.91 Å². The summed E-state index contributed by atoms with van der Waals surface area (Å²) in [5.74, 6) is 1.94. The molecule has 0 unspecified atom stereocenters. The fourth-order valence-corrected chi connectivity index (χ4v) is 3.87. The SMILES string of the molecule is C=CCn1c(SCc2ccc(C(=O)NCc3ccncc3)cc2)nnc1-c1ccco1. The molecule has 4 aromatic rings. The summed E-state index contributed by atoms with van der Waals surface area (Å²) in [6.07, 6.45) is 6.84. The standard InChI is InChI=1S/C23H21N5O2S/c1-2-13-28-21(20-4-3-14-30-20)26-27-23(28)31-16-18-5-7-19(8-6-18)22(29)25-15-17-9-11-24-12-10-17/h2-12,14H,1,13,15-16H2,(H,25,29). The summed E-state index contributed by atoms with van der Waals surface area (Å²) in [5, 5.41) is 12.3. The second-order valence-corrected chi connectivity index (χ2v) is 7.65. The second-order valence-electron chi connectivity index (χ2n) is 6.71. The molecule has 0 aliphatic carbocycles. The lowest BCUT2D eigenvalue weighted by atomic mass is 10.1. The van der Waals surface area contributed by atoms with Crippen LogP contribution in [-0.2, 0) is 18.8 Å². The molecule has 0 radical (unpaired) electrons. The minimum Gasteiger partial charge on any atom is -0.461 e. The van der Waals surface area contributed by atoms with E-state index in [1.54, 1.807) is 36.5 Å². The number of benzene rings is 1. The van der Waals surface area contributed by atoms with Gasteiger partial charge in [0.2, 0.25) is 5.82 Å². The van der Waals surface area contributed by atoms with Gasteiger partial charge < -0.3 is 9.73 Å². The fourth-order valence-electron chi connectivity index (χ4n) is 2.96. The number of nitrogens with one attached hydrogen (secondary N) is 1. The number of amides is 1. The predicted octanol–water partition coefficient (Wildman–Crippen LogP) is 4.34. The van der Waals surface area contributed by atoms with E-state index in [-0.39, 0.29) is 5.91 Å². The number of carbonyl (C=O) groups excluding carboxylic acids is 1. The molecule has 0 aliphatic heterocycles. The van der Waals surface area contributed by atoms with Gasteiger partial charge in [-0.15, -0.1) is 16.8 Å². The van der Waals surface area contributed by atoms with Crippen molar-refractivity contribution in [2.45, 2.75) is 24.0 Å². The zero-order valence-corrected chi connectivity index (χ0v) is 17.6. The number of carbonyl (C=O) groups is 1. The molecule has 8 heteroatoms. The van der Waals surface area contributed by atoms with Crippen LogP contribution in [0.25, 0.3) is 11.6 Å². The first-order valence-corrected chi connectivity index (χ1v) is 10.7. The molecule has 0 bridgehead atoms. The topological polar surface area (TPSA) is 85.8 Å². The third-order valence-electron chi connectivity index (χ3n) is 4.56. The second kappa shape index (κ2) is 9.90. The molecule has 1 aromatic carbocycles. The summed E-state index contributed by atoms with van der Waals surface area (Å²) in [6, 6.07) is 15.0. The highest BCUT2D eigenvalue weighted by Crippen LogP contribution is 2.26. The zero-order valence-electron chi connectivity index (χ0n) is 16.8. The summed E-state index contributed by atoms with van der Waals surface area (Å²) in [5.41, 5.74) is 2.72. The number of pyridine rings is 1. The van der Waals surface area contributed by atoms with Crippen molar-refractivity contribution in [3.8, 4) is 11.6 Å². The lowest BCUT2D eigenvalue weighted by molar-refractivity contribution is 0.0951. The Morgan fingerprint density at radius 1 is 1.10 bits per heavy atom. The Kier molecular flexibility index (Phi) is 6.59. The Morgan fingerprint density at radius 3 is 2.61 bits per heavy atom. The Morgan fingerprint density at radius 2 is 1.90 bits per heavy atom. The van der Waals surface area contributed by atoms with E-state index >= 15 is 0 Å². The number of nitrogens with zero attached hydrogens (tertiary/aromatic N) is 4. The molecule has 1 N–H and O–H groups in total. The molecule has 0 spiro atoms. The molecule has 0 aliphatic rings. The van der Waals surface area contributed by atoms with Crippen LogP contribution in [0.5, 0.6) is 0 Å². The van der Waals surface area contributed by atoms with Crippen LogP contribution in [0.1, 0.15) is 21.5 Å². The van der Waals surface area contributed by atoms with Gasteiger partial charge in [-0.05, 0) is 47.5 Å². The van der Waals surface area contributed by atoms with Gasteiger partial charge in [0.05, 0.1) is 6.26 Å². The number of hydrogen-bond acceptors (Lipinski definition) is 6. The molecule has 7 nitrogen and oxygen atoms in total. The third kappa shape index (κ3) is 5.10.